The third-order valence-corrected chi connectivity index (χ3v) is 4.99. The Morgan fingerprint density at radius 1 is 0.967 bits per heavy atom. The second-order valence-electron chi connectivity index (χ2n) is 7.08. The highest BCUT2D eigenvalue weighted by molar-refractivity contribution is 6.01. The van der Waals surface area contributed by atoms with Crippen LogP contribution in [0.25, 0.3) is 0 Å². The fourth-order valence-corrected chi connectivity index (χ4v) is 3.51. The minimum Gasteiger partial charge on any atom is -0.486 e. The number of carbonyl (C=O) groups excluding carboxylic acids is 2. The summed E-state index contributed by atoms with van der Waals surface area (Å²) in [5.74, 6) is 0.528. The first kappa shape index (κ1) is 20.0. The van der Waals surface area contributed by atoms with Gasteiger partial charge in [0.2, 0.25) is 5.91 Å². The molecule has 2 aromatic rings. The number of nitrogens with zero attached hydrogens (tertiary/aromatic N) is 2. The van der Waals surface area contributed by atoms with Crippen LogP contribution in [0.4, 0.5) is 20.6 Å². The molecule has 2 heterocycles. The summed E-state index contributed by atoms with van der Waals surface area (Å²) in [6, 6.07) is 11.1. The maximum atomic E-state index is 13.9. The number of piperazine rings is 1. The van der Waals surface area contributed by atoms with Crippen LogP contribution in [0, 0.1) is 5.82 Å². The van der Waals surface area contributed by atoms with Gasteiger partial charge in [0.05, 0.1) is 12.2 Å². The Balaban J connectivity index is 1.23. The molecule has 2 aromatic carbocycles. The number of nitrogens with one attached hydrogen (secondary N) is 2. The molecule has 0 radical (unpaired) electrons. The van der Waals surface area contributed by atoms with Gasteiger partial charge < -0.3 is 19.7 Å². The van der Waals surface area contributed by atoms with E-state index in [9.17, 15) is 14.0 Å². The second-order valence-corrected chi connectivity index (χ2v) is 7.08. The van der Waals surface area contributed by atoms with Crippen LogP contribution in [-0.2, 0) is 4.79 Å². The first-order chi connectivity index (χ1) is 14.6. The highest BCUT2D eigenvalue weighted by Gasteiger charge is 2.21. The van der Waals surface area contributed by atoms with Crippen molar-refractivity contribution >= 4 is 23.3 Å². The molecular formula is C21H23FN4O4. The molecule has 8 nitrogen and oxygen atoms in total. The molecule has 2 aliphatic heterocycles. The Labute approximate surface area is 173 Å². The van der Waals surface area contributed by atoms with Crippen molar-refractivity contribution in [2.24, 2.45) is 0 Å². The number of rotatable bonds is 4. The Hall–Kier alpha value is -3.33. The van der Waals surface area contributed by atoms with Gasteiger partial charge in [-0.1, -0.05) is 12.1 Å². The van der Waals surface area contributed by atoms with Crippen molar-refractivity contribution in [2.45, 2.75) is 0 Å². The van der Waals surface area contributed by atoms with Crippen LogP contribution in [0.1, 0.15) is 0 Å². The monoisotopic (exact) mass is 414 g/mol. The zero-order chi connectivity index (χ0) is 20.9. The lowest BCUT2D eigenvalue weighted by Crippen LogP contribution is -2.50. The van der Waals surface area contributed by atoms with E-state index in [2.05, 4.69) is 10.6 Å². The van der Waals surface area contributed by atoms with Gasteiger partial charge in [-0.15, -0.1) is 0 Å². The number of fused-ring (bicyclic) bond motifs is 1. The van der Waals surface area contributed by atoms with Crippen molar-refractivity contribution in [1.82, 2.24) is 10.2 Å². The van der Waals surface area contributed by atoms with Gasteiger partial charge in [0, 0.05) is 37.9 Å². The van der Waals surface area contributed by atoms with Crippen molar-refractivity contribution in [1.29, 1.82) is 0 Å². The van der Waals surface area contributed by atoms with Crippen LogP contribution < -0.4 is 25.0 Å². The van der Waals surface area contributed by atoms with E-state index in [0.717, 1.165) is 0 Å². The second kappa shape index (κ2) is 9.00. The van der Waals surface area contributed by atoms with Crippen molar-refractivity contribution in [2.75, 3.05) is 56.2 Å². The highest BCUT2D eigenvalue weighted by Crippen LogP contribution is 2.32. The smallest absolute Gasteiger partial charge is 0.325 e. The number of ether oxygens (including phenoxy) is 2. The molecule has 30 heavy (non-hydrogen) atoms. The van der Waals surface area contributed by atoms with E-state index < -0.39 is 11.9 Å². The molecule has 0 aliphatic carbocycles. The van der Waals surface area contributed by atoms with E-state index in [1.807, 2.05) is 9.80 Å². The minimum absolute atomic E-state index is 0.0969. The molecule has 9 heteroatoms. The zero-order valence-corrected chi connectivity index (χ0v) is 16.4. The predicted molar refractivity (Wildman–Crippen MR) is 110 cm³/mol. The predicted octanol–water partition coefficient (Wildman–Crippen LogP) is 2.07. The van der Waals surface area contributed by atoms with Gasteiger partial charge in [-0.3, -0.25) is 15.0 Å². The summed E-state index contributed by atoms with van der Waals surface area (Å²) in [5, 5.41) is 4.95. The standard InChI is InChI=1S/C21H23FN4O4/c22-16-3-1-2-4-17(16)26-9-7-25(8-10-26)14-20(27)24-21(28)23-15-5-6-18-19(13-15)30-12-11-29-18/h1-6,13H,7-12,14H2,(H2,23,24,27,28). The molecule has 0 spiro atoms. The van der Waals surface area contributed by atoms with Gasteiger partial charge in [0.25, 0.3) is 0 Å². The van der Waals surface area contributed by atoms with Gasteiger partial charge in [0.1, 0.15) is 19.0 Å². The summed E-state index contributed by atoms with van der Waals surface area (Å²) in [4.78, 5) is 28.2. The van der Waals surface area contributed by atoms with E-state index in [1.54, 1.807) is 36.4 Å². The summed E-state index contributed by atoms with van der Waals surface area (Å²) < 4.78 is 24.8. The molecule has 0 unspecified atom stereocenters. The zero-order valence-electron chi connectivity index (χ0n) is 16.4. The Morgan fingerprint density at radius 3 is 2.47 bits per heavy atom. The molecule has 3 amide bonds. The molecule has 0 bridgehead atoms. The Kier molecular flexibility index (Phi) is 5.99. The normalized spacial score (nSPS) is 16.1. The number of hydrogen-bond acceptors (Lipinski definition) is 6. The number of anilines is 2. The van der Waals surface area contributed by atoms with Gasteiger partial charge >= 0.3 is 6.03 Å². The maximum absolute atomic E-state index is 13.9. The van der Waals surface area contributed by atoms with Gasteiger partial charge in [0.15, 0.2) is 11.5 Å². The molecule has 0 atom stereocenters. The third-order valence-electron chi connectivity index (χ3n) is 4.99. The molecule has 0 aromatic heterocycles. The first-order valence-electron chi connectivity index (χ1n) is 9.81. The van der Waals surface area contributed by atoms with E-state index in [-0.39, 0.29) is 12.4 Å². The first-order valence-corrected chi connectivity index (χ1v) is 9.81. The lowest BCUT2D eigenvalue weighted by molar-refractivity contribution is -0.121. The number of benzene rings is 2. The van der Waals surface area contributed by atoms with E-state index >= 15 is 0 Å². The number of hydrogen-bond donors (Lipinski definition) is 2. The number of amides is 3. The summed E-state index contributed by atoms with van der Waals surface area (Å²) in [6.07, 6.45) is 0. The molecule has 0 saturated carbocycles. The van der Waals surface area contributed by atoms with Crippen LogP contribution in [0.15, 0.2) is 42.5 Å². The maximum Gasteiger partial charge on any atom is 0.325 e. The molecule has 4 rings (SSSR count). The Bertz CT molecular complexity index is 931. The lowest BCUT2D eigenvalue weighted by Gasteiger charge is -2.35. The van der Waals surface area contributed by atoms with Gasteiger partial charge in [-0.05, 0) is 24.3 Å². The molecule has 1 fully saturated rings. The van der Waals surface area contributed by atoms with Crippen LogP contribution >= 0.6 is 0 Å². The lowest BCUT2D eigenvalue weighted by atomic mass is 10.2. The number of halogens is 1. The number of carbonyl (C=O) groups is 2. The average molecular weight is 414 g/mol. The highest BCUT2D eigenvalue weighted by atomic mass is 19.1. The van der Waals surface area contributed by atoms with Gasteiger partial charge in [-0.2, -0.15) is 0 Å². The number of para-hydroxylation sites is 1. The molecular weight excluding hydrogens is 391 g/mol. The Morgan fingerprint density at radius 2 is 1.70 bits per heavy atom. The molecule has 158 valence electrons. The van der Waals surface area contributed by atoms with Crippen LogP contribution in [0.5, 0.6) is 11.5 Å². The van der Waals surface area contributed by atoms with Crippen molar-refractivity contribution in [3.63, 3.8) is 0 Å². The van der Waals surface area contributed by atoms with Crippen molar-refractivity contribution in [3.8, 4) is 11.5 Å². The van der Waals surface area contributed by atoms with Crippen molar-refractivity contribution in [3.05, 3.63) is 48.3 Å². The largest absolute Gasteiger partial charge is 0.486 e. The summed E-state index contributed by atoms with van der Waals surface area (Å²) in [5.41, 5.74) is 1.07. The average Bonchev–Trinajstić information content (AvgIpc) is 2.74. The molecule has 2 aliphatic rings. The van der Waals surface area contributed by atoms with Crippen LogP contribution in [0.2, 0.25) is 0 Å². The van der Waals surface area contributed by atoms with E-state index in [0.29, 0.717) is 62.3 Å². The molecule has 1 saturated heterocycles. The number of urea groups is 1. The fourth-order valence-electron chi connectivity index (χ4n) is 3.51. The minimum atomic E-state index is -0.610. The van der Waals surface area contributed by atoms with Crippen molar-refractivity contribution < 1.29 is 23.5 Å². The summed E-state index contributed by atoms with van der Waals surface area (Å²) in [7, 11) is 0. The van der Waals surface area contributed by atoms with E-state index in [4.69, 9.17) is 9.47 Å². The molecule has 2 N–H and O–H groups in total. The van der Waals surface area contributed by atoms with Crippen LogP contribution in [0.3, 0.4) is 0 Å². The van der Waals surface area contributed by atoms with Gasteiger partial charge in [-0.25, -0.2) is 9.18 Å². The third kappa shape index (κ3) is 4.80. The summed E-state index contributed by atoms with van der Waals surface area (Å²) in [6.45, 7) is 3.46. The number of imide groups is 1. The summed E-state index contributed by atoms with van der Waals surface area (Å²) >= 11 is 0. The fraction of sp³-hybridized carbons (Fsp3) is 0.333. The SMILES string of the molecule is O=C(CN1CCN(c2ccccc2F)CC1)NC(=O)Nc1ccc2c(c1)OCCO2. The van der Waals surface area contributed by atoms with E-state index in [1.165, 1.54) is 6.07 Å². The topological polar surface area (TPSA) is 83.1 Å². The quantitative estimate of drug-likeness (QED) is 0.797. The van der Waals surface area contributed by atoms with Crippen LogP contribution in [-0.4, -0.2) is 62.8 Å².